The topological polar surface area (TPSA) is 41.6 Å². The van der Waals surface area contributed by atoms with E-state index in [0.717, 1.165) is 11.0 Å². The Morgan fingerprint density at radius 3 is 3.16 bits per heavy atom. The van der Waals surface area contributed by atoms with Crippen LogP contribution < -0.4 is 5.32 Å². The fourth-order valence-corrected chi connectivity index (χ4v) is 2.67. The van der Waals surface area contributed by atoms with Gasteiger partial charge < -0.3 is 15.0 Å². The molecular weight excluding hydrogens is 332 g/mol. The number of carbonyl (C=O) groups excluding carboxylic acids is 1. The van der Waals surface area contributed by atoms with E-state index in [1.54, 1.807) is 11.0 Å². The minimum Gasteiger partial charge on any atom is -0.373 e. The molecule has 19 heavy (non-hydrogen) atoms. The van der Waals surface area contributed by atoms with E-state index < -0.39 is 0 Å². The van der Waals surface area contributed by atoms with E-state index >= 15 is 0 Å². The summed E-state index contributed by atoms with van der Waals surface area (Å²) < 4.78 is 6.33. The number of ether oxygens (including phenoxy) is 1. The first-order valence-corrected chi connectivity index (χ1v) is 7.30. The van der Waals surface area contributed by atoms with Crippen molar-refractivity contribution in [3.05, 3.63) is 33.3 Å². The molecule has 0 spiro atoms. The van der Waals surface area contributed by atoms with Gasteiger partial charge in [-0.1, -0.05) is 17.7 Å². The number of likely N-dealkylation sites (N-methyl/N-ethyl adjacent to an activating group) is 1. The molecule has 1 aliphatic rings. The maximum atomic E-state index is 12.5. The number of morpholine rings is 1. The fourth-order valence-electron chi connectivity index (χ4n) is 2.09. The Kier molecular flexibility index (Phi) is 5.21. The zero-order chi connectivity index (χ0) is 13.8. The summed E-state index contributed by atoms with van der Waals surface area (Å²) in [5.41, 5.74) is 0.529. The predicted molar refractivity (Wildman–Crippen MR) is 78.7 cm³/mol. The van der Waals surface area contributed by atoms with Crippen molar-refractivity contribution < 1.29 is 9.53 Å². The van der Waals surface area contributed by atoms with Crippen LogP contribution in [0.2, 0.25) is 5.02 Å². The maximum absolute atomic E-state index is 12.5. The summed E-state index contributed by atoms with van der Waals surface area (Å²) in [6.07, 6.45) is 0.0358. The lowest BCUT2D eigenvalue weighted by Gasteiger charge is -2.33. The second-order valence-corrected chi connectivity index (χ2v) is 5.64. The molecule has 0 saturated carbocycles. The highest BCUT2D eigenvalue weighted by molar-refractivity contribution is 9.10. The number of nitrogens with zero attached hydrogens (tertiary/aromatic N) is 1. The number of rotatable bonds is 3. The Labute approximate surface area is 126 Å². The quantitative estimate of drug-likeness (QED) is 0.911. The SMILES string of the molecule is CNCC1CN(C(=O)c2cccc(Br)c2Cl)CCO1. The molecule has 1 amide bonds. The second-order valence-electron chi connectivity index (χ2n) is 4.40. The lowest BCUT2D eigenvalue weighted by Crippen LogP contribution is -2.48. The summed E-state index contributed by atoms with van der Waals surface area (Å²) in [5, 5.41) is 3.52. The van der Waals surface area contributed by atoms with E-state index in [1.807, 2.05) is 19.2 Å². The summed E-state index contributed by atoms with van der Waals surface area (Å²) in [4.78, 5) is 14.3. The molecule has 1 fully saturated rings. The van der Waals surface area contributed by atoms with Gasteiger partial charge in [0, 0.05) is 24.1 Å². The molecule has 1 aliphatic heterocycles. The number of nitrogens with one attached hydrogen (secondary N) is 1. The molecule has 1 heterocycles. The van der Waals surface area contributed by atoms with Crippen LogP contribution in [0.25, 0.3) is 0 Å². The Morgan fingerprint density at radius 2 is 2.42 bits per heavy atom. The summed E-state index contributed by atoms with van der Waals surface area (Å²) >= 11 is 9.50. The molecule has 6 heteroatoms. The average Bonchev–Trinajstić information content (AvgIpc) is 2.42. The van der Waals surface area contributed by atoms with Crippen molar-refractivity contribution in [2.45, 2.75) is 6.10 Å². The van der Waals surface area contributed by atoms with Crippen LogP contribution in [0.4, 0.5) is 0 Å². The van der Waals surface area contributed by atoms with Crippen molar-refractivity contribution in [3.8, 4) is 0 Å². The molecule has 0 radical (unpaired) electrons. The van der Waals surface area contributed by atoms with Gasteiger partial charge in [0.1, 0.15) is 0 Å². The van der Waals surface area contributed by atoms with E-state index in [0.29, 0.717) is 30.3 Å². The van der Waals surface area contributed by atoms with Gasteiger partial charge in [0.25, 0.3) is 5.91 Å². The molecule has 4 nitrogen and oxygen atoms in total. The molecule has 1 N–H and O–H groups in total. The van der Waals surface area contributed by atoms with Crippen molar-refractivity contribution in [1.29, 1.82) is 0 Å². The van der Waals surface area contributed by atoms with Crippen molar-refractivity contribution in [2.24, 2.45) is 0 Å². The normalized spacial score (nSPS) is 19.5. The average molecular weight is 348 g/mol. The van der Waals surface area contributed by atoms with E-state index in [2.05, 4.69) is 21.2 Å². The van der Waals surface area contributed by atoms with Crippen LogP contribution in [0.1, 0.15) is 10.4 Å². The smallest absolute Gasteiger partial charge is 0.255 e. The molecule has 0 bridgehead atoms. The van der Waals surface area contributed by atoms with E-state index in [4.69, 9.17) is 16.3 Å². The van der Waals surface area contributed by atoms with Crippen LogP contribution >= 0.6 is 27.5 Å². The lowest BCUT2D eigenvalue weighted by molar-refractivity contribution is -0.0196. The predicted octanol–water partition coefficient (Wildman–Crippen LogP) is 2.16. The molecule has 1 saturated heterocycles. The van der Waals surface area contributed by atoms with Gasteiger partial charge in [-0.15, -0.1) is 0 Å². The first-order chi connectivity index (χ1) is 9.13. The van der Waals surface area contributed by atoms with Gasteiger partial charge in [-0.2, -0.15) is 0 Å². The van der Waals surface area contributed by atoms with Gasteiger partial charge in [0.15, 0.2) is 0 Å². The number of hydrogen-bond acceptors (Lipinski definition) is 3. The molecule has 1 aromatic carbocycles. The van der Waals surface area contributed by atoms with Crippen molar-refractivity contribution in [3.63, 3.8) is 0 Å². The van der Waals surface area contributed by atoms with Crippen LogP contribution in [0.15, 0.2) is 22.7 Å². The van der Waals surface area contributed by atoms with Gasteiger partial charge in [-0.25, -0.2) is 0 Å². The first-order valence-electron chi connectivity index (χ1n) is 6.13. The van der Waals surface area contributed by atoms with Gasteiger partial charge in [0.05, 0.1) is 23.3 Å². The van der Waals surface area contributed by atoms with E-state index in [1.165, 1.54) is 0 Å². The van der Waals surface area contributed by atoms with E-state index in [9.17, 15) is 4.79 Å². The van der Waals surface area contributed by atoms with E-state index in [-0.39, 0.29) is 12.0 Å². The molecule has 0 aliphatic carbocycles. The standard InChI is InChI=1S/C13H16BrClN2O2/c1-16-7-9-8-17(5-6-19-9)13(18)10-3-2-4-11(14)12(10)15/h2-4,9,16H,5-8H2,1H3. The maximum Gasteiger partial charge on any atom is 0.255 e. The molecule has 1 aromatic rings. The Morgan fingerprint density at radius 1 is 1.63 bits per heavy atom. The number of amides is 1. The summed E-state index contributed by atoms with van der Waals surface area (Å²) in [6.45, 7) is 2.48. The highest BCUT2D eigenvalue weighted by atomic mass is 79.9. The Bertz CT molecular complexity index is 468. The van der Waals surface area contributed by atoms with Crippen LogP contribution in [-0.4, -0.2) is 50.2 Å². The lowest BCUT2D eigenvalue weighted by atomic mass is 10.1. The fraction of sp³-hybridized carbons (Fsp3) is 0.462. The molecular formula is C13H16BrClN2O2. The molecule has 0 aromatic heterocycles. The number of carbonyl (C=O) groups is 1. The van der Waals surface area contributed by atoms with Gasteiger partial charge in [0.2, 0.25) is 0 Å². The summed E-state index contributed by atoms with van der Waals surface area (Å²) in [5.74, 6) is -0.0456. The molecule has 2 rings (SSSR count). The third-order valence-electron chi connectivity index (χ3n) is 3.04. The third-order valence-corrected chi connectivity index (χ3v) is 4.34. The third kappa shape index (κ3) is 3.48. The van der Waals surface area contributed by atoms with Gasteiger partial charge >= 0.3 is 0 Å². The zero-order valence-electron chi connectivity index (χ0n) is 10.7. The summed E-state index contributed by atoms with van der Waals surface area (Å²) in [6, 6.07) is 5.38. The highest BCUT2D eigenvalue weighted by Crippen LogP contribution is 2.27. The van der Waals surface area contributed by atoms with Crippen molar-refractivity contribution in [1.82, 2.24) is 10.2 Å². The number of hydrogen-bond donors (Lipinski definition) is 1. The van der Waals surface area contributed by atoms with Crippen molar-refractivity contribution >= 4 is 33.4 Å². The molecule has 1 unspecified atom stereocenters. The summed E-state index contributed by atoms with van der Waals surface area (Å²) in [7, 11) is 1.87. The van der Waals surface area contributed by atoms with Crippen LogP contribution in [0.3, 0.4) is 0 Å². The Balaban J connectivity index is 2.12. The highest BCUT2D eigenvalue weighted by Gasteiger charge is 2.26. The minimum absolute atomic E-state index is 0.0358. The Hall–Kier alpha value is -0.620. The van der Waals surface area contributed by atoms with Crippen LogP contribution in [-0.2, 0) is 4.74 Å². The van der Waals surface area contributed by atoms with Gasteiger partial charge in [-0.3, -0.25) is 4.79 Å². The molecule has 104 valence electrons. The van der Waals surface area contributed by atoms with Gasteiger partial charge in [-0.05, 0) is 35.1 Å². The number of halogens is 2. The largest absolute Gasteiger partial charge is 0.373 e. The zero-order valence-corrected chi connectivity index (χ0v) is 13.0. The number of benzene rings is 1. The second kappa shape index (κ2) is 6.70. The van der Waals surface area contributed by atoms with Crippen LogP contribution in [0.5, 0.6) is 0 Å². The first kappa shape index (κ1) is 14.8. The minimum atomic E-state index is -0.0456. The van der Waals surface area contributed by atoms with Crippen molar-refractivity contribution in [2.75, 3.05) is 33.3 Å². The molecule has 1 atom stereocenters. The van der Waals surface area contributed by atoms with Crippen LogP contribution in [0, 0.1) is 0 Å². The monoisotopic (exact) mass is 346 g/mol.